The van der Waals surface area contributed by atoms with E-state index in [2.05, 4.69) is 37.9 Å². The van der Waals surface area contributed by atoms with Gasteiger partial charge >= 0.3 is 0 Å². The van der Waals surface area contributed by atoms with Crippen molar-refractivity contribution < 1.29 is 4.74 Å². The van der Waals surface area contributed by atoms with Crippen LogP contribution in [0.25, 0.3) is 0 Å². The second-order valence-corrected chi connectivity index (χ2v) is 5.64. The number of rotatable bonds is 2. The topological polar surface area (TPSA) is 24.5 Å². The van der Waals surface area contributed by atoms with E-state index in [0.29, 0.717) is 18.2 Å². The molecule has 2 saturated heterocycles. The molecule has 16 heavy (non-hydrogen) atoms. The molecule has 0 aromatic rings. The van der Waals surface area contributed by atoms with Crippen molar-refractivity contribution in [2.75, 3.05) is 19.7 Å². The number of hydrogen-bond acceptors (Lipinski definition) is 3. The van der Waals surface area contributed by atoms with Crippen molar-refractivity contribution in [2.24, 2.45) is 0 Å². The van der Waals surface area contributed by atoms with E-state index >= 15 is 0 Å². The van der Waals surface area contributed by atoms with Gasteiger partial charge in [0.15, 0.2) is 0 Å². The zero-order chi connectivity index (χ0) is 11.8. The van der Waals surface area contributed by atoms with E-state index in [1.165, 1.54) is 12.8 Å². The minimum absolute atomic E-state index is 0.247. The van der Waals surface area contributed by atoms with Crippen molar-refractivity contribution >= 4 is 0 Å². The largest absolute Gasteiger partial charge is 0.377 e. The highest BCUT2D eigenvalue weighted by molar-refractivity contribution is 5.01. The fraction of sp³-hybridized carbons (Fsp3) is 1.00. The van der Waals surface area contributed by atoms with Crippen LogP contribution in [0, 0.1) is 0 Å². The van der Waals surface area contributed by atoms with Gasteiger partial charge in [0.1, 0.15) is 0 Å². The highest BCUT2D eigenvalue weighted by Crippen LogP contribution is 2.34. The minimum Gasteiger partial charge on any atom is -0.377 e. The second-order valence-electron chi connectivity index (χ2n) is 5.64. The molecule has 2 heterocycles. The Kier molecular flexibility index (Phi) is 3.57. The van der Waals surface area contributed by atoms with Gasteiger partial charge in [0.05, 0.1) is 6.10 Å². The summed E-state index contributed by atoms with van der Waals surface area (Å²) in [5.41, 5.74) is 0.247. The molecule has 2 aliphatic rings. The minimum atomic E-state index is 0.247. The lowest BCUT2D eigenvalue weighted by atomic mass is 9.88. The molecule has 0 aliphatic carbocycles. The monoisotopic (exact) mass is 226 g/mol. The molecule has 0 radical (unpaired) electrons. The summed E-state index contributed by atoms with van der Waals surface area (Å²) in [4.78, 5) is 2.70. The summed E-state index contributed by atoms with van der Waals surface area (Å²) in [6, 6.07) is 1.28. The van der Waals surface area contributed by atoms with Crippen molar-refractivity contribution in [3.8, 4) is 0 Å². The normalized spacial score (nSPS) is 46.1. The van der Waals surface area contributed by atoms with E-state index in [9.17, 15) is 0 Å². The van der Waals surface area contributed by atoms with Gasteiger partial charge in [-0.1, -0.05) is 6.92 Å². The third-order valence-corrected chi connectivity index (χ3v) is 4.59. The number of ether oxygens (including phenoxy) is 1. The van der Waals surface area contributed by atoms with Gasteiger partial charge in [-0.05, 0) is 33.6 Å². The van der Waals surface area contributed by atoms with E-state index in [0.717, 1.165) is 19.7 Å². The first-order valence-electron chi connectivity index (χ1n) is 6.69. The fourth-order valence-electron chi connectivity index (χ4n) is 3.15. The molecule has 0 amide bonds. The molecular weight excluding hydrogens is 200 g/mol. The molecule has 0 aromatic heterocycles. The number of nitrogens with one attached hydrogen (secondary N) is 1. The Bertz CT molecular complexity index is 246. The van der Waals surface area contributed by atoms with Crippen LogP contribution in [0.5, 0.6) is 0 Å². The van der Waals surface area contributed by atoms with Crippen LogP contribution in [0.3, 0.4) is 0 Å². The summed E-state index contributed by atoms with van der Waals surface area (Å²) in [5, 5.41) is 3.59. The van der Waals surface area contributed by atoms with Gasteiger partial charge < -0.3 is 10.1 Å². The predicted octanol–water partition coefficient (Wildman–Crippen LogP) is 1.63. The summed E-state index contributed by atoms with van der Waals surface area (Å²) in [5.74, 6) is 0. The van der Waals surface area contributed by atoms with Gasteiger partial charge in [-0.3, -0.25) is 4.90 Å². The molecule has 0 saturated carbocycles. The van der Waals surface area contributed by atoms with Crippen LogP contribution >= 0.6 is 0 Å². The maximum absolute atomic E-state index is 5.79. The molecule has 2 fully saturated rings. The van der Waals surface area contributed by atoms with Gasteiger partial charge in [-0.15, -0.1) is 0 Å². The molecule has 3 heteroatoms. The molecule has 0 bridgehead atoms. The van der Waals surface area contributed by atoms with Gasteiger partial charge in [0.25, 0.3) is 0 Å². The zero-order valence-corrected chi connectivity index (χ0v) is 11.1. The van der Waals surface area contributed by atoms with Crippen LogP contribution in [0.1, 0.15) is 40.5 Å². The highest BCUT2D eigenvalue weighted by Gasteiger charge is 2.45. The molecule has 94 valence electrons. The number of piperazine rings is 1. The molecule has 2 rings (SSSR count). The Morgan fingerprint density at radius 1 is 1.44 bits per heavy atom. The van der Waals surface area contributed by atoms with Crippen LogP contribution in [0.4, 0.5) is 0 Å². The molecule has 4 atom stereocenters. The van der Waals surface area contributed by atoms with Crippen LogP contribution in [0.15, 0.2) is 0 Å². The molecule has 0 aromatic carbocycles. The Labute approximate surface area is 99.5 Å². The Hall–Kier alpha value is -0.120. The third-order valence-electron chi connectivity index (χ3n) is 4.59. The average Bonchev–Trinajstić information content (AvgIpc) is 2.60. The average molecular weight is 226 g/mol. The summed E-state index contributed by atoms with van der Waals surface area (Å²) < 4.78 is 5.79. The lowest BCUT2D eigenvalue weighted by Crippen LogP contribution is -2.64. The van der Waals surface area contributed by atoms with E-state index in [4.69, 9.17) is 4.74 Å². The van der Waals surface area contributed by atoms with Crippen molar-refractivity contribution in [3.05, 3.63) is 0 Å². The Balaban J connectivity index is 2.15. The van der Waals surface area contributed by atoms with Crippen LogP contribution < -0.4 is 5.32 Å². The molecule has 2 aliphatic heterocycles. The summed E-state index contributed by atoms with van der Waals surface area (Å²) in [6.07, 6.45) is 2.77. The van der Waals surface area contributed by atoms with E-state index in [1.54, 1.807) is 0 Å². The van der Waals surface area contributed by atoms with E-state index in [-0.39, 0.29) is 5.54 Å². The van der Waals surface area contributed by atoms with Gasteiger partial charge in [0.2, 0.25) is 0 Å². The maximum Gasteiger partial charge on any atom is 0.0728 e. The first-order valence-corrected chi connectivity index (χ1v) is 6.69. The third kappa shape index (κ3) is 2.01. The SMILES string of the molecule is CCC1CNC(C)CN1C1(C)CCOC1C. The van der Waals surface area contributed by atoms with E-state index in [1.807, 2.05) is 0 Å². The summed E-state index contributed by atoms with van der Waals surface area (Å²) in [6.45, 7) is 12.4. The lowest BCUT2D eigenvalue weighted by Gasteiger charge is -2.49. The zero-order valence-electron chi connectivity index (χ0n) is 11.1. The van der Waals surface area contributed by atoms with Crippen LogP contribution in [-0.2, 0) is 4.74 Å². The highest BCUT2D eigenvalue weighted by atomic mass is 16.5. The number of hydrogen-bond donors (Lipinski definition) is 1. The van der Waals surface area contributed by atoms with Gasteiger partial charge in [-0.2, -0.15) is 0 Å². The van der Waals surface area contributed by atoms with E-state index < -0.39 is 0 Å². The molecule has 0 spiro atoms. The smallest absolute Gasteiger partial charge is 0.0728 e. The molecule has 1 N–H and O–H groups in total. The standard InChI is InChI=1S/C13H26N2O/c1-5-12-8-14-10(2)9-15(12)13(4)6-7-16-11(13)3/h10-12,14H,5-9H2,1-4H3. The molecule has 3 nitrogen and oxygen atoms in total. The quantitative estimate of drug-likeness (QED) is 0.774. The first kappa shape index (κ1) is 12.3. The predicted molar refractivity (Wildman–Crippen MR) is 66.7 cm³/mol. The summed E-state index contributed by atoms with van der Waals surface area (Å²) >= 11 is 0. The first-order chi connectivity index (χ1) is 7.58. The van der Waals surface area contributed by atoms with Crippen LogP contribution in [0.2, 0.25) is 0 Å². The van der Waals surface area contributed by atoms with Gasteiger partial charge in [0, 0.05) is 37.3 Å². The maximum atomic E-state index is 5.79. The summed E-state index contributed by atoms with van der Waals surface area (Å²) in [7, 11) is 0. The lowest BCUT2D eigenvalue weighted by molar-refractivity contribution is -0.0239. The molecular formula is C13H26N2O. The van der Waals surface area contributed by atoms with Crippen molar-refractivity contribution in [1.29, 1.82) is 0 Å². The van der Waals surface area contributed by atoms with Crippen molar-refractivity contribution in [2.45, 2.75) is 64.3 Å². The second kappa shape index (κ2) is 4.63. The van der Waals surface area contributed by atoms with Gasteiger partial charge in [-0.25, -0.2) is 0 Å². The van der Waals surface area contributed by atoms with Crippen molar-refractivity contribution in [1.82, 2.24) is 10.2 Å². The Morgan fingerprint density at radius 3 is 2.75 bits per heavy atom. The van der Waals surface area contributed by atoms with Crippen LogP contribution in [-0.4, -0.2) is 48.3 Å². The molecule has 4 unspecified atom stereocenters. The Morgan fingerprint density at radius 2 is 2.19 bits per heavy atom. The van der Waals surface area contributed by atoms with Crippen molar-refractivity contribution in [3.63, 3.8) is 0 Å². The number of nitrogens with zero attached hydrogens (tertiary/aromatic N) is 1. The fourth-order valence-corrected chi connectivity index (χ4v) is 3.15.